The highest BCUT2D eigenvalue weighted by Crippen LogP contribution is 2.09. The first-order chi connectivity index (χ1) is 8.29. The number of ketones is 1. The smallest absolute Gasteiger partial charge is 0.167 e. The molecule has 2 rings (SSSR count). The summed E-state index contributed by atoms with van der Waals surface area (Å²) < 4.78 is 0. The van der Waals surface area contributed by atoms with Crippen LogP contribution >= 0.6 is 0 Å². The highest BCUT2D eigenvalue weighted by molar-refractivity contribution is 5.97. The van der Waals surface area contributed by atoms with Gasteiger partial charge in [0.05, 0.1) is 0 Å². The van der Waals surface area contributed by atoms with Crippen LogP contribution in [0.1, 0.15) is 21.5 Å². The molecule has 0 bridgehead atoms. The van der Waals surface area contributed by atoms with Crippen molar-refractivity contribution in [2.75, 3.05) is 0 Å². The maximum Gasteiger partial charge on any atom is 0.167 e. The molecule has 2 N–H and O–H groups in total. The summed E-state index contributed by atoms with van der Waals surface area (Å²) in [5.74, 6) is 0.145. The molecule has 0 aliphatic carbocycles. The van der Waals surface area contributed by atoms with Gasteiger partial charge in [-0.25, -0.2) is 0 Å². The summed E-state index contributed by atoms with van der Waals surface area (Å²) in [7, 11) is 0. The molecule has 2 aromatic carbocycles. The lowest BCUT2D eigenvalue weighted by Crippen LogP contribution is -2.03. The summed E-state index contributed by atoms with van der Waals surface area (Å²) in [6.45, 7) is 0.535. The fourth-order valence-electron chi connectivity index (χ4n) is 1.70. The van der Waals surface area contributed by atoms with Crippen LogP contribution < -0.4 is 5.73 Å². The number of hydrogen-bond donors (Lipinski definition) is 1. The SMILES string of the molecule is NCc1ccc(CC(=O)c2ccccc2)cc1. The van der Waals surface area contributed by atoms with Crippen molar-refractivity contribution < 1.29 is 4.79 Å². The minimum atomic E-state index is 0.145. The Morgan fingerprint density at radius 3 is 2.06 bits per heavy atom. The zero-order valence-corrected chi connectivity index (χ0v) is 9.60. The van der Waals surface area contributed by atoms with E-state index >= 15 is 0 Å². The standard InChI is InChI=1S/C15H15NO/c16-11-13-8-6-12(7-9-13)10-15(17)14-4-2-1-3-5-14/h1-9H,10-11,16H2. The molecule has 0 radical (unpaired) electrons. The van der Waals surface area contributed by atoms with Crippen LogP contribution in [0.3, 0.4) is 0 Å². The first kappa shape index (κ1) is 11.6. The molecule has 0 fully saturated rings. The summed E-state index contributed by atoms with van der Waals surface area (Å²) in [6, 6.07) is 17.2. The second-order valence-electron chi connectivity index (χ2n) is 3.99. The van der Waals surface area contributed by atoms with E-state index in [0.29, 0.717) is 13.0 Å². The Hall–Kier alpha value is -1.93. The van der Waals surface area contributed by atoms with Crippen LogP contribution in [-0.4, -0.2) is 5.78 Å². The van der Waals surface area contributed by atoms with Crippen LogP contribution in [0, 0.1) is 0 Å². The lowest BCUT2D eigenvalue weighted by atomic mass is 10.0. The second-order valence-corrected chi connectivity index (χ2v) is 3.99. The molecule has 0 heterocycles. The van der Waals surface area contributed by atoms with E-state index in [4.69, 9.17) is 5.73 Å². The minimum Gasteiger partial charge on any atom is -0.326 e. The Labute approximate surface area is 101 Å². The Bertz CT molecular complexity index is 488. The van der Waals surface area contributed by atoms with E-state index < -0.39 is 0 Å². The second kappa shape index (κ2) is 5.41. The average molecular weight is 225 g/mol. The Kier molecular flexibility index (Phi) is 3.68. The molecular formula is C15H15NO. The van der Waals surface area contributed by atoms with Crippen molar-refractivity contribution in [1.29, 1.82) is 0 Å². The van der Waals surface area contributed by atoms with E-state index in [9.17, 15) is 4.79 Å². The molecule has 2 heteroatoms. The Morgan fingerprint density at radius 1 is 0.882 bits per heavy atom. The molecular weight excluding hydrogens is 210 g/mol. The summed E-state index contributed by atoms with van der Waals surface area (Å²) in [5, 5.41) is 0. The molecule has 86 valence electrons. The van der Waals surface area contributed by atoms with Gasteiger partial charge >= 0.3 is 0 Å². The van der Waals surface area contributed by atoms with Crippen LogP contribution in [0.2, 0.25) is 0 Å². The average Bonchev–Trinajstić information content (AvgIpc) is 2.40. The maximum absolute atomic E-state index is 11.9. The molecule has 0 saturated heterocycles. The normalized spacial score (nSPS) is 10.2. The topological polar surface area (TPSA) is 43.1 Å². The van der Waals surface area contributed by atoms with Gasteiger partial charge in [0.1, 0.15) is 0 Å². The highest BCUT2D eigenvalue weighted by Gasteiger charge is 2.05. The van der Waals surface area contributed by atoms with Crippen molar-refractivity contribution in [2.24, 2.45) is 5.73 Å². The first-order valence-electron chi connectivity index (χ1n) is 5.66. The fraction of sp³-hybridized carbons (Fsp3) is 0.133. The van der Waals surface area contributed by atoms with E-state index in [1.165, 1.54) is 0 Å². The number of hydrogen-bond acceptors (Lipinski definition) is 2. The Balaban J connectivity index is 2.08. The Morgan fingerprint density at radius 2 is 1.47 bits per heavy atom. The van der Waals surface area contributed by atoms with Crippen molar-refractivity contribution in [1.82, 2.24) is 0 Å². The predicted molar refractivity (Wildman–Crippen MR) is 68.8 cm³/mol. The molecule has 0 spiro atoms. The summed E-state index contributed by atoms with van der Waals surface area (Å²) in [6.07, 6.45) is 0.439. The van der Waals surface area contributed by atoms with Gasteiger partial charge in [0, 0.05) is 18.5 Å². The third-order valence-electron chi connectivity index (χ3n) is 2.72. The summed E-state index contributed by atoms with van der Waals surface area (Å²) in [4.78, 5) is 11.9. The molecule has 17 heavy (non-hydrogen) atoms. The minimum absolute atomic E-state index is 0.145. The van der Waals surface area contributed by atoms with Gasteiger partial charge < -0.3 is 5.73 Å². The van der Waals surface area contributed by atoms with Gasteiger partial charge in [0.25, 0.3) is 0 Å². The van der Waals surface area contributed by atoms with Gasteiger partial charge in [-0.15, -0.1) is 0 Å². The predicted octanol–water partition coefficient (Wildman–Crippen LogP) is 2.57. The van der Waals surface area contributed by atoms with Crippen LogP contribution in [-0.2, 0) is 13.0 Å². The zero-order valence-electron chi connectivity index (χ0n) is 9.60. The van der Waals surface area contributed by atoms with Crippen molar-refractivity contribution in [2.45, 2.75) is 13.0 Å². The molecule has 0 saturated carbocycles. The van der Waals surface area contributed by atoms with Crippen molar-refractivity contribution in [3.8, 4) is 0 Å². The van der Waals surface area contributed by atoms with E-state index in [1.807, 2.05) is 54.6 Å². The van der Waals surface area contributed by atoms with Crippen LogP contribution in [0.15, 0.2) is 54.6 Å². The van der Waals surface area contributed by atoms with E-state index in [2.05, 4.69) is 0 Å². The van der Waals surface area contributed by atoms with E-state index in [1.54, 1.807) is 0 Å². The number of carbonyl (C=O) groups excluding carboxylic acids is 1. The molecule has 0 aliphatic heterocycles. The molecule has 0 atom stereocenters. The van der Waals surface area contributed by atoms with E-state index in [0.717, 1.165) is 16.7 Å². The lowest BCUT2D eigenvalue weighted by Gasteiger charge is -2.02. The van der Waals surface area contributed by atoms with Gasteiger partial charge in [-0.05, 0) is 11.1 Å². The quantitative estimate of drug-likeness (QED) is 0.813. The molecule has 0 amide bonds. The molecule has 0 aliphatic rings. The van der Waals surface area contributed by atoms with Crippen LogP contribution in [0.4, 0.5) is 0 Å². The number of carbonyl (C=O) groups is 1. The van der Waals surface area contributed by atoms with Gasteiger partial charge in [0.2, 0.25) is 0 Å². The third-order valence-corrected chi connectivity index (χ3v) is 2.72. The number of Topliss-reactive ketones (excluding diaryl/α,β-unsaturated/α-hetero) is 1. The zero-order chi connectivity index (χ0) is 12.1. The number of benzene rings is 2. The van der Waals surface area contributed by atoms with E-state index in [-0.39, 0.29) is 5.78 Å². The third kappa shape index (κ3) is 3.02. The molecule has 2 aromatic rings. The first-order valence-corrected chi connectivity index (χ1v) is 5.66. The van der Waals surface area contributed by atoms with Crippen LogP contribution in [0.5, 0.6) is 0 Å². The number of nitrogens with two attached hydrogens (primary N) is 1. The van der Waals surface area contributed by atoms with Gasteiger partial charge in [-0.2, -0.15) is 0 Å². The van der Waals surface area contributed by atoms with Crippen molar-refractivity contribution in [3.05, 3.63) is 71.3 Å². The van der Waals surface area contributed by atoms with Gasteiger partial charge in [-0.1, -0.05) is 54.6 Å². The fourth-order valence-corrected chi connectivity index (χ4v) is 1.70. The largest absolute Gasteiger partial charge is 0.326 e. The molecule has 0 unspecified atom stereocenters. The summed E-state index contributed by atoms with van der Waals surface area (Å²) in [5.41, 5.74) is 8.39. The van der Waals surface area contributed by atoms with Crippen molar-refractivity contribution in [3.63, 3.8) is 0 Å². The summed E-state index contributed by atoms with van der Waals surface area (Å²) >= 11 is 0. The molecule has 0 aromatic heterocycles. The van der Waals surface area contributed by atoms with Crippen molar-refractivity contribution >= 4 is 5.78 Å². The monoisotopic (exact) mass is 225 g/mol. The molecule has 2 nitrogen and oxygen atoms in total. The maximum atomic E-state index is 11.9. The number of rotatable bonds is 4. The van der Waals surface area contributed by atoms with Gasteiger partial charge in [-0.3, -0.25) is 4.79 Å². The highest BCUT2D eigenvalue weighted by atomic mass is 16.1. The van der Waals surface area contributed by atoms with Gasteiger partial charge in [0.15, 0.2) is 5.78 Å². The lowest BCUT2D eigenvalue weighted by molar-refractivity contribution is 0.0993. The van der Waals surface area contributed by atoms with Crippen LogP contribution in [0.25, 0.3) is 0 Å².